The molecule has 1 fully saturated rings. The summed E-state index contributed by atoms with van der Waals surface area (Å²) < 4.78 is 13.4. The molecule has 88 valence electrons. The summed E-state index contributed by atoms with van der Waals surface area (Å²) in [5, 5.41) is 3.50. The van der Waals surface area contributed by atoms with Gasteiger partial charge in [-0.25, -0.2) is 4.39 Å². The highest BCUT2D eigenvalue weighted by atomic mass is 19.1. The van der Waals surface area contributed by atoms with Crippen LogP contribution in [0.5, 0.6) is 0 Å². The van der Waals surface area contributed by atoms with E-state index in [1.54, 1.807) is 12.3 Å². The zero-order chi connectivity index (χ0) is 11.4. The van der Waals surface area contributed by atoms with Gasteiger partial charge in [0.15, 0.2) is 0 Å². The van der Waals surface area contributed by atoms with Gasteiger partial charge < -0.3 is 5.32 Å². The van der Waals surface area contributed by atoms with Crippen LogP contribution in [0.1, 0.15) is 31.7 Å². The Hall–Kier alpha value is -0.960. The van der Waals surface area contributed by atoms with E-state index in [1.165, 1.54) is 19.0 Å². The second-order valence-corrected chi connectivity index (χ2v) is 4.51. The fourth-order valence-corrected chi connectivity index (χ4v) is 2.18. The average Bonchev–Trinajstić information content (AvgIpc) is 3.10. The second kappa shape index (κ2) is 5.39. The first-order valence-electron chi connectivity index (χ1n) is 6.13. The Labute approximate surface area is 96.3 Å². The minimum absolute atomic E-state index is 0.173. The van der Waals surface area contributed by atoms with Gasteiger partial charge in [-0.1, -0.05) is 6.92 Å². The summed E-state index contributed by atoms with van der Waals surface area (Å²) in [5.41, 5.74) is 0.790. The van der Waals surface area contributed by atoms with Gasteiger partial charge in [0.2, 0.25) is 0 Å². The predicted molar refractivity (Wildman–Crippen MR) is 62.7 cm³/mol. The number of nitrogens with zero attached hydrogens (tertiary/aromatic N) is 1. The lowest BCUT2D eigenvalue weighted by Crippen LogP contribution is -2.31. The molecule has 0 aromatic carbocycles. The molecule has 0 aliphatic heterocycles. The first-order chi connectivity index (χ1) is 7.81. The van der Waals surface area contributed by atoms with Crippen LogP contribution in [0.2, 0.25) is 0 Å². The number of hydrogen-bond acceptors (Lipinski definition) is 2. The molecule has 1 atom stereocenters. The van der Waals surface area contributed by atoms with Crippen molar-refractivity contribution in [3.05, 3.63) is 29.8 Å². The SMILES string of the molecule is CCNC(CCc1ccncc1F)C1CC1. The van der Waals surface area contributed by atoms with Gasteiger partial charge >= 0.3 is 0 Å². The van der Waals surface area contributed by atoms with E-state index >= 15 is 0 Å². The first-order valence-corrected chi connectivity index (χ1v) is 6.13. The molecule has 0 saturated heterocycles. The molecule has 1 saturated carbocycles. The van der Waals surface area contributed by atoms with Crippen LogP contribution in [0.15, 0.2) is 18.5 Å². The molecule has 1 heterocycles. The summed E-state index contributed by atoms with van der Waals surface area (Å²) in [7, 11) is 0. The molecule has 2 rings (SSSR count). The Morgan fingerprint density at radius 3 is 3.00 bits per heavy atom. The molecule has 1 unspecified atom stereocenters. The molecule has 3 heteroatoms. The van der Waals surface area contributed by atoms with E-state index in [2.05, 4.69) is 17.2 Å². The van der Waals surface area contributed by atoms with Crippen molar-refractivity contribution in [1.82, 2.24) is 10.3 Å². The Morgan fingerprint density at radius 1 is 1.56 bits per heavy atom. The van der Waals surface area contributed by atoms with E-state index in [9.17, 15) is 4.39 Å². The Morgan fingerprint density at radius 2 is 2.38 bits per heavy atom. The van der Waals surface area contributed by atoms with Crippen molar-refractivity contribution in [1.29, 1.82) is 0 Å². The second-order valence-electron chi connectivity index (χ2n) is 4.51. The maximum absolute atomic E-state index is 13.4. The molecular weight excluding hydrogens is 203 g/mol. The third-order valence-electron chi connectivity index (χ3n) is 3.24. The maximum atomic E-state index is 13.4. The molecule has 1 aliphatic rings. The molecule has 1 aromatic rings. The first kappa shape index (κ1) is 11.5. The number of aromatic nitrogens is 1. The quantitative estimate of drug-likeness (QED) is 0.800. The molecule has 16 heavy (non-hydrogen) atoms. The molecular formula is C13H19FN2. The molecule has 0 spiro atoms. The van der Waals surface area contributed by atoms with E-state index in [0.717, 1.165) is 30.9 Å². The molecule has 2 nitrogen and oxygen atoms in total. The van der Waals surface area contributed by atoms with Gasteiger partial charge in [-0.3, -0.25) is 4.98 Å². The highest BCUT2D eigenvalue weighted by Gasteiger charge is 2.30. The summed E-state index contributed by atoms with van der Waals surface area (Å²) in [6.07, 6.45) is 7.46. The van der Waals surface area contributed by atoms with Crippen LogP contribution in [-0.2, 0) is 6.42 Å². The van der Waals surface area contributed by atoms with Gasteiger partial charge in [0, 0.05) is 12.2 Å². The summed E-state index contributed by atoms with van der Waals surface area (Å²) in [5.74, 6) is 0.651. The average molecular weight is 222 g/mol. The van der Waals surface area contributed by atoms with Gasteiger partial charge in [0.25, 0.3) is 0 Å². The Bertz CT molecular complexity index is 336. The van der Waals surface area contributed by atoms with Gasteiger partial charge in [-0.15, -0.1) is 0 Å². The summed E-state index contributed by atoms with van der Waals surface area (Å²) in [6, 6.07) is 2.35. The van der Waals surface area contributed by atoms with E-state index in [-0.39, 0.29) is 5.82 Å². The Kier molecular flexibility index (Phi) is 3.88. The lowest BCUT2D eigenvalue weighted by Gasteiger charge is -2.17. The fraction of sp³-hybridized carbons (Fsp3) is 0.615. The van der Waals surface area contributed by atoms with E-state index in [4.69, 9.17) is 0 Å². The van der Waals surface area contributed by atoms with Gasteiger partial charge in [0.1, 0.15) is 5.82 Å². The highest BCUT2D eigenvalue weighted by molar-refractivity contribution is 5.13. The maximum Gasteiger partial charge on any atom is 0.144 e. The largest absolute Gasteiger partial charge is 0.314 e. The molecule has 1 aromatic heterocycles. The number of halogens is 1. The van der Waals surface area contributed by atoms with E-state index < -0.39 is 0 Å². The monoisotopic (exact) mass is 222 g/mol. The van der Waals surface area contributed by atoms with E-state index in [0.29, 0.717) is 6.04 Å². The molecule has 0 radical (unpaired) electrons. The van der Waals surface area contributed by atoms with Gasteiger partial charge in [0.05, 0.1) is 6.20 Å². The van der Waals surface area contributed by atoms with Crippen LogP contribution in [0.3, 0.4) is 0 Å². The minimum atomic E-state index is -0.173. The third-order valence-corrected chi connectivity index (χ3v) is 3.24. The molecule has 1 aliphatic carbocycles. The third kappa shape index (κ3) is 3.01. The van der Waals surface area contributed by atoms with Crippen molar-refractivity contribution < 1.29 is 4.39 Å². The molecule has 0 bridgehead atoms. The van der Waals surface area contributed by atoms with Crippen molar-refractivity contribution >= 4 is 0 Å². The summed E-state index contributed by atoms with van der Waals surface area (Å²) in [4.78, 5) is 3.77. The van der Waals surface area contributed by atoms with Crippen molar-refractivity contribution in [2.75, 3.05) is 6.54 Å². The highest BCUT2D eigenvalue weighted by Crippen LogP contribution is 2.34. The van der Waals surface area contributed by atoms with Crippen molar-refractivity contribution in [3.63, 3.8) is 0 Å². The lowest BCUT2D eigenvalue weighted by molar-refractivity contribution is 0.442. The van der Waals surface area contributed by atoms with Crippen LogP contribution in [0.4, 0.5) is 4.39 Å². The van der Waals surface area contributed by atoms with Crippen molar-refractivity contribution in [2.24, 2.45) is 5.92 Å². The van der Waals surface area contributed by atoms with Crippen LogP contribution in [0, 0.1) is 11.7 Å². The number of nitrogens with one attached hydrogen (secondary N) is 1. The van der Waals surface area contributed by atoms with Crippen LogP contribution in [-0.4, -0.2) is 17.6 Å². The topological polar surface area (TPSA) is 24.9 Å². The normalized spacial score (nSPS) is 17.4. The number of hydrogen-bond donors (Lipinski definition) is 1. The van der Waals surface area contributed by atoms with Gasteiger partial charge in [-0.05, 0) is 49.8 Å². The Balaban J connectivity index is 1.87. The number of pyridine rings is 1. The zero-order valence-electron chi connectivity index (χ0n) is 9.75. The van der Waals surface area contributed by atoms with Crippen LogP contribution < -0.4 is 5.32 Å². The summed E-state index contributed by atoms with van der Waals surface area (Å²) >= 11 is 0. The zero-order valence-corrected chi connectivity index (χ0v) is 9.75. The van der Waals surface area contributed by atoms with Crippen molar-refractivity contribution in [3.8, 4) is 0 Å². The summed E-state index contributed by atoms with van der Waals surface area (Å²) in [6.45, 7) is 3.13. The molecule has 1 N–H and O–H groups in total. The smallest absolute Gasteiger partial charge is 0.144 e. The van der Waals surface area contributed by atoms with Crippen LogP contribution in [0.25, 0.3) is 0 Å². The minimum Gasteiger partial charge on any atom is -0.314 e. The fourth-order valence-electron chi connectivity index (χ4n) is 2.18. The van der Waals surface area contributed by atoms with E-state index in [1.807, 2.05) is 0 Å². The molecule has 0 amide bonds. The number of aryl methyl sites for hydroxylation is 1. The van der Waals surface area contributed by atoms with Crippen LogP contribution >= 0.6 is 0 Å². The van der Waals surface area contributed by atoms with Crippen molar-refractivity contribution in [2.45, 2.75) is 38.6 Å². The lowest BCUT2D eigenvalue weighted by atomic mass is 10.0. The standard InChI is InChI=1S/C13H19FN2/c1-2-16-13(11-3-4-11)6-5-10-7-8-15-9-12(10)14/h7-9,11,13,16H,2-6H2,1H3. The number of rotatable bonds is 6. The predicted octanol–water partition coefficient (Wildman–Crippen LogP) is 2.54. The van der Waals surface area contributed by atoms with Gasteiger partial charge in [-0.2, -0.15) is 0 Å².